The Balaban J connectivity index is 0.00000288. The first-order chi connectivity index (χ1) is 20.2. The van der Waals surface area contributed by atoms with Gasteiger partial charge in [0, 0.05) is 0 Å². The number of hydrogen-bond acceptors (Lipinski definition) is 0. The molecule has 0 saturated heterocycles. The quantitative estimate of drug-likeness (QED) is 0.191. The fourth-order valence-electron chi connectivity index (χ4n) is 8.81. The van der Waals surface area contributed by atoms with Crippen LogP contribution in [0.3, 0.4) is 0 Å². The van der Waals surface area contributed by atoms with Crippen molar-refractivity contribution in [2.45, 2.75) is 118 Å². The number of benzene rings is 3. The maximum absolute atomic E-state index is 5.68. The maximum atomic E-state index is 5.68. The summed E-state index contributed by atoms with van der Waals surface area (Å²) >= 11 is -4.48. The summed E-state index contributed by atoms with van der Waals surface area (Å²) in [6.07, 6.45) is 8.63. The van der Waals surface area contributed by atoms with Crippen molar-refractivity contribution in [2.24, 2.45) is 11.3 Å². The van der Waals surface area contributed by atoms with Gasteiger partial charge in [0.1, 0.15) is 0 Å². The molecule has 3 aromatic rings. The Morgan fingerprint density at radius 2 is 1.35 bits per heavy atom. The molecule has 0 radical (unpaired) electrons. The number of fused-ring (bicyclic) bond motifs is 3. The van der Waals surface area contributed by atoms with Gasteiger partial charge >= 0.3 is 272 Å². The summed E-state index contributed by atoms with van der Waals surface area (Å²) < 4.78 is 13.1. The average Bonchev–Trinajstić information content (AvgIpc) is 3.49. The Hall–Kier alpha value is -1.53. The van der Waals surface area contributed by atoms with Crippen molar-refractivity contribution in [1.29, 1.82) is 0 Å². The van der Waals surface area contributed by atoms with E-state index in [9.17, 15) is 0 Å². The Morgan fingerprint density at radius 1 is 0.783 bits per heavy atom. The Bertz CT molecular complexity index is 1760. The van der Waals surface area contributed by atoms with Crippen LogP contribution in [0, 0.1) is 25.2 Å². The van der Waals surface area contributed by atoms with Crippen molar-refractivity contribution in [1.82, 2.24) is 0 Å². The third-order valence-electron chi connectivity index (χ3n) is 11.0. The summed E-state index contributed by atoms with van der Waals surface area (Å²) in [4.78, 5) is 0. The van der Waals surface area contributed by atoms with E-state index < -0.39 is 18.3 Å². The molecule has 46 heavy (non-hydrogen) atoms. The Morgan fingerprint density at radius 3 is 1.87 bits per heavy atom. The van der Waals surface area contributed by atoms with E-state index >= 15 is 0 Å². The molecule has 0 aliphatic heterocycles. The number of allylic oxidation sites excluding steroid dienone is 4. The molecule has 5 rings (SSSR count). The van der Waals surface area contributed by atoms with Crippen LogP contribution in [0.5, 0.6) is 0 Å². The number of aryl methyl sites for hydroxylation is 1. The summed E-state index contributed by atoms with van der Waals surface area (Å²) in [5, 5.41) is 0. The second kappa shape index (κ2) is 12.7. The van der Waals surface area contributed by atoms with Crippen molar-refractivity contribution >= 4 is 35.6 Å². The van der Waals surface area contributed by atoms with Gasteiger partial charge in [-0.1, -0.05) is 0 Å². The molecule has 0 saturated carbocycles. The Kier molecular flexibility index (Phi) is 10.8. The molecule has 0 amide bonds. The van der Waals surface area contributed by atoms with Gasteiger partial charge in [0.2, 0.25) is 0 Å². The van der Waals surface area contributed by atoms with E-state index in [1.807, 2.05) is 0 Å². The van der Waals surface area contributed by atoms with Gasteiger partial charge in [0.15, 0.2) is 0 Å². The Labute approximate surface area is 295 Å². The number of halogens is 2. The van der Waals surface area contributed by atoms with E-state index in [0.717, 1.165) is 6.42 Å². The van der Waals surface area contributed by atoms with Gasteiger partial charge in [-0.3, -0.25) is 0 Å². The van der Waals surface area contributed by atoms with Crippen LogP contribution in [0.25, 0.3) is 11.1 Å². The van der Waals surface area contributed by atoms with E-state index in [2.05, 4.69) is 148 Å². The average molecular weight is 739 g/mol. The fraction of sp³-hybridized carbons (Fsp3) is 0.465. The molecule has 3 heteroatoms. The molecule has 0 nitrogen and oxygen atoms in total. The van der Waals surface area contributed by atoms with Crippen molar-refractivity contribution in [2.75, 3.05) is 0 Å². The fourth-order valence-corrected chi connectivity index (χ4v) is 23.5. The normalized spacial score (nSPS) is 16.6. The van der Waals surface area contributed by atoms with Gasteiger partial charge in [0.25, 0.3) is 0 Å². The van der Waals surface area contributed by atoms with E-state index in [0.29, 0.717) is 5.92 Å². The predicted octanol–water partition coefficient (Wildman–Crippen LogP) is 11.7. The molecule has 0 heterocycles. The molecule has 2 aliphatic rings. The van der Waals surface area contributed by atoms with E-state index in [1.54, 1.807) is 12.1 Å². The summed E-state index contributed by atoms with van der Waals surface area (Å²) in [7, 11) is 0. The van der Waals surface area contributed by atoms with E-state index in [-0.39, 0.29) is 41.1 Å². The van der Waals surface area contributed by atoms with Gasteiger partial charge in [-0.15, -0.1) is 24.8 Å². The van der Waals surface area contributed by atoms with Gasteiger partial charge in [-0.25, -0.2) is 0 Å². The molecule has 0 N–H and O–H groups in total. The van der Waals surface area contributed by atoms with Crippen molar-refractivity contribution in [3.63, 3.8) is 0 Å². The first-order valence-corrected chi connectivity index (χ1v) is 24.9. The topological polar surface area (TPSA) is 0 Å². The van der Waals surface area contributed by atoms with Crippen LogP contribution >= 0.6 is 24.8 Å². The molecule has 0 spiro atoms. The molecule has 250 valence electrons. The van der Waals surface area contributed by atoms with Crippen molar-refractivity contribution in [3.05, 3.63) is 103 Å². The number of rotatable bonds is 5. The first kappa shape index (κ1) is 38.9. The molecule has 0 aromatic heterocycles. The first-order valence-electron chi connectivity index (χ1n) is 17.1. The summed E-state index contributed by atoms with van der Waals surface area (Å²) in [6, 6.07) is 19.2. The third-order valence-corrected chi connectivity index (χ3v) is 25.7. The van der Waals surface area contributed by atoms with Crippen LogP contribution in [0.4, 0.5) is 0 Å². The third kappa shape index (κ3) is 6.32. The molecular weight excluding hydrogens is 679 g/mol. The second-order valence-electron chi connectivity index (χ2n) is 17.7. The van der Waals surface area contributed by atoms with Crippen molar-refractivity contribution < 1.29 is 18.3 Å². The van der Waals surface area contributed by atoms with E-state index in [1.165, 1.54) is 60.6 Å². The summed E-state index contributed by atoms with van der Waals surface area (Å²) in [5.41, 5.74) is 13.5. The minimum atomic E-state index is -4.48. The van der Waals surface area contributed by atoms with Crippen LogP contribution in [-0.2, 0) is 35.5 Å². The molecule has 0 bridgehead atoms. The summed E-state index contributed by atoms with van der Waals surface area (Å²) in [5.74, 6) is 0.439. The van der Waals surface area contributed by atoms with Gasteiger partial charge in [-0.05, 0) is 0 Å². The number of hydrogen-bond donors (Lipinski definition) is 0. The van der Waals surface area contributed by atoms with Crippen LogP contribution in [0.15, 0.2) is 69.5 Å². The zero-order valence-electron chi connectivity index (χ0n) is 31.0. The van der Waals surface area contributed by atoms with Gasteiger partial charge in [-0.2, -0.15) is 0 Å². The van der Waals surface area contributed by atoms with Crippen LogP contribution in [0.1, 0.15) is 115 Å². The van der Waals surface area contributed by atoms with Crippen LogP contribution in [0.2, 0.25) is 4.63 Å². The molecule has 3 aromatic carbocycles. The second-order valence-corrected chi connectivity index (χ2v) is 31.6. The molecule has 1 atom stereocenters. The van der Waals surface area contributed by atoms with Crippen molar-refractivity contribution in [3.8, 4) is 11.1 Å². The predicted molar refractivity (Wildman–Crippen MR) is 209 cm³/mol. The van der Waals surface area contributed by atoms with Gasteiger partial charge < -0.3 is 0 Å². The molecule has 1 unspecified atom stereocenters. The van der Waals surface area contributed by atoms with Gasteiger partial charge in [0.05, 0.1) is 0 Å². The van der Waals surface area contributed by atoms with Crippen LogP contribution < -0.4 is 6.54 Å². The summed E-state index contributed by atoms with van der Waals surface area (Å²) in [6.45, 7) is 28.5. The minimum absolute atomic E-state index is 0. The van der Waals surface area contributed by atoms with E-state index in [4.69, 9.17) is 4.21 Å². The molecular formula is C43H60Cl2Zr. The standard InChI is InChI=1S/C23H29.C12H19.C6H5.CH3.CH2.2ClH.Zr/c1-14-9-16-11-17-10-15(2)21(23(6,7)8)13-19(17)18(16)12-20(14)22(3,4)5;1-5-6-10-7-8-11(9-10)12(2,3)4;1-2-4-6-5-3-1;;;;;/h9,12-13H,11H2,1-8H3;8-10H,5-6H2,1-4H3;1-5H;1H3;1H2;2*1H;. The zero-order chi connectivity index (χ0) is 32.6. The SMILES string of the molecule is Cl.Cl.[CH2]=[Zr]([CH3])([C]1=CC(C(C)(C)C)=CC1CCC)([c]1ccccc1)[c]1c(C)c(C(C)(C)C)cc2c1Cc1cc(C)c(C(C)(C)C)cc1-2. The monoisotopic (exact) mass is 736 g/mol. The zero-order valence-corrected chi connectivity index (χ0v) is 35.1. The molecule has 0 fully saturated rings. The molecule has 2 aliphatic carbocycles. The van der Waals surface area contributed by atoms with Crippen LogP contribution in [-0.4, -0.2) is 4.21 Å².